The Morgan fingerprint density at radius 1 is 1.00 bits per heavy atom. The Hall–Kier alpha value is -3.52. The minimum Gasteiger partial charge on any atom is -0.505 e. The third kappa shape index (κ3) is 5.43. The van der Waals surface area contributed by atoms with Crippen molar-refractivity contribution in [3.05, 3.63) is 82.9 Å². The quantitative estimate of drug-likeness (QED) is 0.274. The largest absolute Gasteiger partial charge is 0.505 e. The molecule has 4 rings (SSSR count). The summed E-state index contributed by atoms with van der Waals surface area (Å²) >= 11 is 0. The van der Waals surface area contributed by atoms with Gasteiger partial charge in [-0.3, -0.25) is 4.90 Å². The van der Waals surface area contributed by atoms with Crippen molar-refractivity contribution in [1.82, 2.24) is 14.5 Å². The number of nitrogens with zero attached hydrogens (tertiary/aromatic N) is 3. The summed E-state index contributed by atoms with van der Waals surface area (Å²) in [6, 6.07) is 16.6. The second-order valence-electron chi connectivity index (χ2n) is 8.61. The third-order valence-electron chi connectivity index (χ3n) is 6.14. The van der Waals surface area contributed by atoms with Crippen molar-refractivity contribution in [2.75, 3.05) is 18.4 Å². The molecule has 3 aromatic carbocycles. The summed E-state index contributed by atoms with van der Waals surface area (Å²) in [5, 5.41) is 14.3. The van der Waals surface area contributed by atoms with E-state index >= 15 is 0 Å². The van der Waals surface area contributed by atoms with Crippen LogP contribution in [0.25, 0.3) is 11.0 Å². The number of aryl methyl sites for hydroxylation is 1. The van der Waals surface area contributed by atoms with Gasteiger partial charge in [-0.25, -0.2) is 4.98 Å². The number of aromatic nitrogens is 2. The van der Waals surface area contributed by atoms with Gasteiger partial charge in [-0.05, 0) is 61.5 Å². The highest BCUT2D eigenvalue weighted by atomic mass is 19.4. The number of aromatic hydroxyl groups is 1. The lowest BCUT2D eigenvalue weighted by atomic mass is 10.1. The minimum absolute atomic E-state index is 0.163. The highest BCUT2D eigenvalue weighted by Crippen LogP contribution is 2.34. The molecule has 0 saturated carbocycles. The Kier molecular flexibility index (Phi) is 7.03. The van der Waals surface area contributed by atoms with E-state index in [2.05, 4.69) is 24.1 Å². The van der Waals surface area contributed by atoms with Gasteiger partial charge in [-0.2, -0.15) is 13.2 Å². The van der Waals surface area contributed by atoms with Crippen LogP contribution in [-0.4, -0.2) is 32.6 Å². The molecule has 0 radical (unpaired) electrons. The second kappa shape index (κ2) is 10.00. The van der Waals surface area contributed by atoms with Crippen molar-refractivity contribution < 1.29 is 18.3 Å². The second-order valence-corrected chi connectivity index (χ2v) is 8.61. The fourth-order valence-corrected chi connectivity index (χ4v) is 4.19. The number of hydrogen-bond donors (Lipinski definition) is 2. The Labute approximate surface area is 202 Å². The lowest BCUT2D eigenvalue weighted by Gasteiger charge is -2.21. The van der Waals surface area contributed by atoms with E-state index < -0.39 is 11.7 Å². The number of nitrogens with one attached hydrogen (secondary N) is 1. The number of halogens is 3. The number of alkyl halides is 3. The first-order valence-corrected chi connectivity index (χ1v) is 11.6. The summed E-state index contributed by atoms with van der Waals surface area (Å²) in [7, 11) is 0. The van der Waals surface area contributed by atoms with E-state index in [-0.39, 0.29) is 5.75 Å². The molecule has 0 aliphatic rings. The van der Waals surface area contributed by atoms with Crippen LogP contribution in [0, 0.1) is 6.92 Å². The van der Waals surface area contributed by atoms with E-state index in [1.807, 2.05) is 47.9 Å². The molecule has 35 heavy (non-hydrogen) atoms. The molecule has 0 bridgehead atoms. The molecule has 1 heterocycles. The molecular weight excluding hydrogens is 453 g/mol. The average molecular weight is 483 g/mol. The Morgan fingerprint density at radius 2 is 1.69 bits per heavy atom. The van der Waals surface area contributed by atoms with E-state index in [0.29, 0.717) is 30.3 Å². The number of hydrogen-bond acceptors (Lipinski definition) is 4. The number of rotatable bonds is 8. The van der Waals surface area contributed by atoms with Gasteiger partial charge in [0.25, 0.3) is 0 Å². The van der Waals surface area contributed by atoms with Crippen LogP contribution < -0.4 is 5.32 Å². The molecule has 0 saturated heterocycles. The summed E-state index contributed by atoms with van der Waals surface area (Å²) < 4.78 is 40.9. The Balaban J connectivity index is 1.71. The zero-order chi connectivity index (χ0) is 25.2. The average Bonchev–Trinajstić information content (AvgIpc) is 3.16. The van der Waals surface area contributed by atoms with Gasteiger partial charge in [-0.1, -0.05) is 44.2 Å². The maximum absolute atomic E-state index is 13.0. The maximum atomic E-state index is 13.0. The van der Waals surface area contributed by atoms with E-state index in [1.165, 1.54) is 12.1 Å². The van der Waals surface area contributed by atoms with Gasteiger partial charge in [0, 0.05) is 12.1 Å². The summed E-state index contributed by atoms with van der Waals surface area (Å²) in [6.45, 7) is 8.82. The molecule has 8 heteroatoms. The molecular formula is C27H29F3N4O. The molecule has 5 nitrogen and oxygen atoms in total. The molecule has 0 aliphatic carbocycles. The number of imidazole rings is 1. The molecule has 0 spiro atoms. The standard InChI is InChI=1S/C27H29F3N4O/c1-4-33(5-2)17-20-14-18(3)15-23(25(20)35)32-26-31-22-8-6-7-9-24(22)34(26)16-19-10-12-21(13-11-19)27(28,29)30/h6-15,35H,4-5,16-17H2,1-3H3,(H,31,32). The zero-order valence-corrected chi connectivity index (χ0v) is 20.0. The SMILES string of the molecule is CCN(CC)Cc1cc(C)cc(Nc2nc3ccccc3n2Cc2ccc(C(F)(F)F)cc2)c1O. The molecule has 0 fully saturated rings. The number of benzene rings is 3. The Morgan fingerprint density at radius 3 is 2.34 bits per heavy atom. The predicted molar refractivity (Wildman–Crippen MR) is 133 cm³/mol. The van der Waals surface area contributed by atoms with Crippen molar-refractivity contribution in [3.8, 4) is 5.75 Å². The van der Waals surface area contributed by atoms with Crippen LogP contribution in [0.2, 0.25) is 0 Å². The van der Waals surface area contributed by atoms with Gasteiger partial charge < -0.3 is 15.0 Å². The van der Waals surface area contributed by atoms with Gasteiger partial charge in [0.2, 0.25) is 5.95 Å². The van der Waals surface area contributed by atoms with Crippen LogP contribution in [-0.2, 0) is 19.3 Å². The molecule has 0 amide bonds. The summed E-state index contributed by atoms with van der Waals surface area (Å²) in [5.41, 5.74) is 3.97. The van der Waals surface area contributed by atoms with Crippen LogP contribution in [0.4, 0.5) is 24.8 Å². The lowest BCUT2D eigenvalue weighted by Crippen LogP contribution is -2.22. The molecule has 0 unspecified atom stereocenters. The summed E-state index contributed by atoms with van der Waals surface area (Å²) in [6.07, 6.45) is -4.38. The fourth-order valence-electron chi connectivity index (χ4n) is 4.19. The molecule has 184 valence electrons. The molecule has 4 aromatic rings. The van der Waals surface area contributed by atoms with Gasteiger partial charge in [0.05, 0.1) is 28.8 Å². The first-order chi connectivity index (χ1) is 16.7. The van der Waals surface area contributed by atoms with Crippen LogP contribution in [0.15, 0.2) is 60.7 Å². The van der Waals surface area contributed by atoms with Crippen molar-refractivity contribution in [2.24, 2.45) is 0 Å². The third-order valence-corrected chi connectivity index (χ3v) is 6.14. The smallest absolute Gasteiger partial charge is 0.416 e. The predicted octanol–water partition coefficient (Wildman–Crippen LogP) is 6.70. The van der Waals surface area contributed by atoms with Crippen molar-refractivity contribution in [1.29, 1.82) is 0 Å². The highest BCUT2D eigenvalue weighted by Gasteiger charge is 2.30. The molecule has 0 aliphatic heterocycles. The van der Waals surface area contributed by atoms with E-state index in [9.17, 15) is 18.3 Å². The molecule has 0 atom stereocenters. The first-order valence-electron chi connectivity index (χ1n) is 11.6. The van der Waals surface area contributed by atoms with Crippen molar-refractivity contribution in [2.45, 2.75) is 40.0 Å². The zero-order valence-electron chi connectivity index (χ0n) is 20.0. The first kappa shape index (κ1) is 24.6. The summed E-state index contributed by atoms with van der Waals surface area (Å²) in [4.78, 5) is 6.93. The monoisotopic (exact) mass is 482 g/mol. The van der Waals surface area contributed by atoms with E-state index in [0.717, 1.165) is 47.4 Å². The minimum atomic E-state index is -4.38. The number of phenolic OH excluding ortho intramolecular Hbond substituents is 1. The maximum Gasteiger partial charge on any atom is 0.416 e. The van der Waals surface area contributed by atoms with Crippen molar-refractivity contribution in [3.63, 3.8) is 0 Å². The number of fused-ring (bicyclic) bond motifs is 1. The number of anilines is 2. The Bertz CT molecular complexity index is 1310. The normalized spacial score (nSPS) is 12.0. The topological polar surface area (TPSA) is 53.3 Å². The van der Waals surface area contributed by atoms with Crippen LogP contribution >= 0.6 is 0 Å². The van der Waals surface area contributed by atoms with Gasteiger partial charge >= 0.3 is 6.18 Å². The fraction of sp³-hybridized carbons (Fsp3) is 0.296. The number of phenols is 1. The van der Waals surface area contributed by atoms with E-state index in [4.69, 9.17) is 4.98 Å². The van der Waals surface area contributed by atoms with Gasteiger partial charge in [0.15, 0.2) is 0 Å². The number of para-hydroxylation sites is 2. The molecule has 1 aromatic heterocycles. The van der Waals surface area contributed by atoms with Crippen LogP contribution in [0.3, 0.4) is 0 Å². The van der Waals surface area contributed by atoms with Crippen LogP contribution in [0.5, 0.6) is 5.75 Å². The lowest BCUT2D eigenvalue weighted by molar-refractivity contribution is -0.137. The molecule has 2 N–H and O–H groups in total. The van der Waals surface area contributed by atoms with Gasteiger partial charge in [0.1, 0.15) is 5.75 Å². The highest BCUT2D eigenvalue weighted by molar-refractivity contribution is 5.80. The van der Waals surface area contributed by atoms with Crippen molar-refractivity contribution >= 4 is 22.7 Å². The van der Waals surface area contributed by atoms with Gasteiger partial charge in [-0.15, -0.1) is 0 Å². The summed E-state index contributed by atoms with van der Waals surface area (Å²) in [5.74, 6) is 0.663. The van der Waals surface area contributed by atoms with E-state index in [1.54, 1.807) is 0 Å². The van der Waals surface area contributed by atoms with Crippen LogP contribution in [0.1, 0.15) is 36.1 Å².